The zero-order chi connectivity index (χ0) is 14.8. The lowest BCUT2D eigenvalue weighted by atomic mass is 10.00. The van der Waals surface area contributed by atoms with Gasteiger partial charge in [-0.05, 0) is 52.1 Å². The van der Waals surface area contributed by atoms with Gasteiger partial charge in [-0.2, -0.15) is 9.61 Å². The molecule has 3 heterocycles. The molecule has 0 saturated carbocycles. The molecule has 5 nitrogen and oxygen atoms in total. The van der Waals surface area contributed by atoms with Crippen LogP contribution in [0.25, 0.3) is 5.65 Å². The first-order chi connectivity index (χ1) is 10.2. The second kappa shape index (κ2) is 6.02. The van der Waals surface area contributed by atoms with E-state index < -0.39 is 0 Å². The highest BCUT2D eigenvalue weighted by molar-refractivity contribution is 5.56. The Morgan fingerprint density at radius 3 is 3.00 bits per heavy atom. The Labute approximate surface area is 126 Å². The van der Waals surface area contributed by atoms with E-state index in [0.717, 1.165) is 48.9 Å². The van der Waals surface area contributed by atoms with Crippen molar-refractivity contribution >= 4 is 11.5 Å². The molecule has 0 spiro atoms. The van der Waals surface area contributed by atoms with Crippen LogP contribution in [-0.4, -0.2) is 34.2 Å². The second-order valence-electron chi connectivity index (χ2n) is 6.03. The molecule has 1 fully saturated rings. The van der Waals surface area contributed by atoms with Gasteiger partial charge in [-0.1, -0.05) is 6.92 Å². The molecule has 114 valence electrons. The third-order valence-corrected chi connectivity index (χ3v) is 4.44. The summed E-state index contributed by atoms with van der Waals surface area (Å²) in [6.07, 6.45) is 3.52. The molecule has 2 aromatic rings. The lowest BCUT2D eigenvalue weighted by Gasteiger charge is -2.23. The van der Waals surface area contributed by atoms with Gasteiger partial charge in [0.2, 0.25) is 0 Å². The standard InChI is InChI=1S/C16H25N5/c1-4-14-8-15(18-10-13-6-5-7-17-9-13)21-16(19-14)11(2)12(3)20-21/h8,13,17-18H,4-7,9-10H2,1-3H3/t13-/m1/s1. The third-order valence-electron chi connectivity index (χ3n) is 4.44. The molecular formula is C16H25N5. The van der Waals surface area contributed by atoms with Gasteiger partial charge in [0.1, 0.15) is 5.82 Å². The maximum absolute atomic E-state index is 4.72. The van der Waals surface area contributed by atoms with Crippen molar-refractivity contribution in [1.29, 1.82) is 0 Å². The van der Waals surface area contributed by atoms with E-state index in [9.17, 15) is 0 Å². The number of nitrogens with one attached hydrogen (secondary N) is 2. The summed E-state index contributed by atoms with van der Waals surface area (Å²) < 4.78 is 1.96. The third kappa shape index (κ3) is 2.88. The zero-order valence-electron chi connectivity index (χ0n) is 13.2. The number of hydrogen-bond acceptors (Lipinski definition) is 4. The van der Waals surface area contributed by atoms with Crippen LogP contribution in [0.4, 0.5) is 5.82 Å². The van der Waals surface area contributed by atoms with Crippen molar-refractivity contribution in [3.63, 3.8) is 0 Å². The number of hydrogen-bond donors (Lipinski definition) is 2. The van der Waals surface area contributed by atoms with Gasteiger partial charge < -0.3 is 10.6 Å². The zero-order valence-corrected chi connectivity index (χ0v) is 13.2. The lowest BCUT2D eigenvalue weighted by Crippen LogP contribution is -2.33. The van der Waals surface area contributed by atoms with E-state index in [4.69, 9.17) is 4.98 Å². The highest BCUT2D eigenvalue weighted by Gasteiger charge is 2.15. The number of piperidine rings is 1. The smallest absolute Gasteiger partial charge is 0.160 e. The fraction of sp³-hybridized carbons (Fsp3) is 0.625. The van der Waals surface area contributed by atoms with Crippen molar-refractivity contribution in [3.8, 4) is 0 Å². The van der Waals surface area contributed by atoms with E-state index in [0.29, 0.717) is 5.92 Å². The van der Waals surface area contributed by atoms with Crippen molar-refractivity contribution in [2.24, 2.45) is 5.92 Å². The minimum Gasteiger partial charge on any atom is -0.370 e. The minimum atomic E-state index is 0.699. The molecule has 1 aliphatic heterocycles. The number of fused-ring (bicyclic) bond motifs is 1. The number of rotatable bonds is 4. The van der Waals surface area contributed by atoms with Crippen LogP contribution < -0.4 is 10.6 Å². The lowest BCUT2D eigenvalue weighted by molar-refractivity contribution is 0.392. The molecule has 1 saturated heterocycles. The highest BCUT2D eigenvalue weighted by atomic mass is 15.3. The Hall–Kier alpha value is -1.62. The quantitative estimate of drug-likeness (QED) is 0.906. The normalized spacial score (nSPS) is 19.1. The van der Waals surface area contributed by atoms with Gasteiger partial charge in [0.05, 0.1) is 5.69 Å². The molecule has 21 heavy (non-hydrogen) atoms. The topological polar surface area (TPSA) is 54.2 Å². The van der Waals surface area contributed by atoms with Crippen LogP contribution in [0.1, 0.15) is 36.7 Å². The largest absolute Gasteiger partial charge is 0.370 e. The molecular weight excluding hydrogens is 262 g/mol. The van der Waals surface area contributed by atoms with Crippen molar-refractivity contribution in [2.45, 2.75) is 40.0 Å². The Morgan fingerprint density at radius 2 is 2.29 bits per heavy atom. The molecule has 0 radical (unpaired) electrons. The van der Waals surface area contributed by atoms with Crippen LogP contribution in [0, 0.1) is 19.8 Å². The number of aromatic nitrogens is 3. The van der Waals surface area contributed by atoms with Gasteiger partial charge in [0, 0.05) is 23.9 Å². The SMILES string of the molecule is CCc1cc(NC[C@@H]2CCCNC2)n2nc(C)c(C)c2n1. The average molecular weight is 287 g/mol. The summed E-state index contributed by atoms with van der Waals surface area (Å²) >= 11 is 0. The molecule has 1 atom stereocenters. The predicted octanol–water partition coefficient (Wildman–Crippen LogP) is 2.32. The number of aryl methyl sites for hydroxylation is 3. The Bertz CT molecular complexity index is 625. The molecule has 0 aliphatic carbocycles. The van der Waals surface area contributed by atoms with Crippen LogP contribution in [0.3, 0.4) is 0 Å². The van der Waals surface area contributed by atoms with Crippen molar-refractivity contribution < 1.29 is 0 Å². The molecule has 2 N–H and O–H groups in total. The first-order valence-corrected chi connectivity index (χ1v) is 7.99. The van der Waals surface area contributed by atoms with Gasteiger partial charge in [-0.15, -0.1) is 0 Å². The first kappa shape index (κ1) is 14.3. The fourth-order valence-corrected chi connectivity index (χ4v) is 2.93. The first-order valence-electron chi connectivity index (χ1n) is 7.99. The van der Waals surface area contributed by atoms with Crippen molar-refractivity contribution in [3.05, 3.63) is 23.0 Å². The Balaban J connectivity index is 1.87. The Morgan fingerprint density at radius 1 is 1.43 bits per heavy atom. The van der Waals surface area contributed by atoms with E-state index in [1.54, 1.807) is 0 Å². The van der Waals surface area contributed by atoms with E-state index in [1.165, 1.54) is 18.4 Å². The number of nitrogens with zero attached hydrogens (tertiary/aromatic N) is 3. The minimum absolute atomic E-state index is 0.699. The van der Waals surface area contributed by atoms with Gasteiger partial charge in [-0.25, -0.2) is 4.98 Å². The molecule has 0 bridgehead atoms. The Kier molecular flexibility index (Phi) is 4.10. The molecule has 0 aromatic carbocycles. The predicted molar refractivity (Wildman–Crippen MR) is 85.9 cm³/mol. The van der Waals surface area contributed by atoms with Gasteiger partial charge in [-0.3, -0.25) is 0 Å². The van der Waals surface area contributed by atoms with E-state index in [-0.39, 0.29) is 0 Å². The van der Waals surface area contributed by atoms with Gasteiger partial charge in [0.25, 0.3) is 0 Å². The van der Waals surface area contributed by atoms with Crippen LogP contribution in [-0.2, 0) is 6.42 Å². The summed E-state index contributed by atoms with van der Waals surface area (Å²) in [4.78, 5) is 4.72. The molecule has 5 heteroatoms. The van der Waals surface area contributed by atoms with Crippen LogP contribution in [0.5, 0.6) is 0 Å². The summed E-state index contributed by atoms with van der Waals surface area (Å²) in [5.74, 6) is 1.77. The summed E-state index contributed by atoms with van der Waals surface area (Å²) in [5, 5.41) is 11.7. The summed E-state index contributed by atoms with van der Waals surface area (Å²) in [6, 6.07) is 2.13. The monoisotopic (exact) mass is 287 g/mol. The van der Waals surface area contributed by atoms with Crippen LogP contribution in [0.2, 0.25) is 0 Å². The number of anilines is 1. The van der Waals surface area contributed by atoms with Crippen LogP contribution >= 0.6 is 0 Å². The van der Waals surface area contributed by atoms with E-state index in [2.05, 4.69) is 35.6 Å². The maximum Gasteiger partial charge on any atom is 0.160 e. The molecule has 3 rings (SSSR count). The molecule has 0 unspecified atom stereocenters. The summed E-state index contributed by atoms with van der Waals surface area (Å²) in [7, 11) is 0. The van der Waals surface area contributed by atoms with Crippen LogP contribution in [0.15, 0.2) is 6.07 Å². The van der Waals surface area contributed by atoms with E-state index in [1.807, 2.05) is 11.4 Å². The summed E-state index contributed by atoms with van der Waals surface area (Å²) in [6.45, 7) is 9.55. The van der Waals surface area contributed by atoms with Crippen molar-refractivity contribution in [1.82, 2.24) is 19.9 Å². The highest BCUT2D eigenvalue weighted by Crippen LogP contribution is 2.19. The van der Waals surface area contributed by atoms with Gasteiger partial charge in [0.15, 0.2) is 5.65 Å². The van der Waals surface area contributed by atoms with Gasteiger partial charge >= 0.3 is 0 Å². The molecule has 1 aliphatic rings. The van der Waals surface area contributed by atoms with Crippen molar-refractivity contribution in [2.75, 3.05) is 25.0 Å². The van der Waals surface area contributed by atoms with E-state index >= 15 is 0 Å². The maximum atomic E-state index is 4.72. The molecule has 0 amide bonds. The average Bonchev–Trinajstić information content (AvgIpc) is 2.81. The summed E-state index contributed by atoms with van der Waals surface area (Å²) in [5.41, 5.74) is 4.33. The second-order valence-corrected chi connectivity index (χ2v) is 6.03. The fourth-order valence-electron chi connectivity index (χ4n) is 2.93. The molecule has 2 aromatic heterocycles.